The Labute approximate surface area is 179 Å². The Kier molecular flexibility index (Phi) is 6.01. The molecular formula is C23H20N2O5S. The third-order valence-corrected chi connectivity index (χ3v) is 6.10. The van der Waals surface area contributed by atoms with Gasteiger partial charge in [0.2, 0.25) is 10.0 Å². The summed E-state index contributed by atoms with van der Waals surface area (Å²) in [6.07, 6.45) is 3.02. The van der Waals surface area contributed by atoms with Gasteiger partial charge in [-0.25, -0.2) is 13.1 Å². The summed E-state index contributed by atoms with van der Waals surface area (Å²) >= 11 is 0. The van der Waals surface area contributed by atoms with E-state index < -0.39 is 16.1 Å². The molecule has 0 spiro atoms. The van der Waals surface area contributed by atoms with E-state index in [2.05, 4.69) is 10.0 Å². The molecule has 1 amide bonds. The summed E-state index contributed by atoms with van der Waals surface area (Å²) in [4.78, 5) is 12.9. The van der Waals surface area contributed by atoms with E-state index >= 15 is 0 Å². The average molecular weight is 436 g/mol. The van der Waals surface area contributed by atoms with Crippen LogP contribution in [0.5, 0.6) is 0 Å². The van der Waals surface area contributed by atoms with Crippen molar-refractivity contribution in [3.63, 3.8) is 0 Å². The molecule has 0 saturated heterocycles. The van der Waals surface area contributed by atoms with Gasteiger partial charge in [-0.05, 0) is 54.1 Å². The maximum absolute atomic E-state index is 12.8. The van der Waals surface area contributed by atoms with Crippen LogP contribution in [-0.4, -0.2) is 14.3 Å². The summed E-state index contributed by atoms with van der Waals surface area (Å²) in [7, 11) is -3.74. The predicted octanol–water partition coefficient (Wildman–Crippen LogP) is 3.87. The fraction of sp³-hybridized carbons (Fsp3) is 0.0870. The molecule has 1 atom stereocenters. The summed E-state index contributed by atoms with van der Waals surface area (Å²) in [5, 5.41) is 2.94. The molecule has 4 aromatic rings. The molecule has 2 aromatic heterocycles. The van der Waals surface area contributed by atoms with E-state index in [1.54, 1.807) is 30.5 Å². The van der Waals surface area contributed by atoms with Crippen LogP contribution in [0, 0.1) is 0 Å². The Morgan fingerprint density at radius 2 is 1.55 bits per heavy atom. The molecule has 2 heterocycles. The molecule has 0 aliphatic heterocycles. The standard InChI is InChI=1S/C23H20N2O5S/c26-23(25-22(21-9-5-15-30-21)17-6-2-1-3-7-17)18-10-12-20(13-11-18)31(27,28)24-16-19-8-4-14-29-19/h1-15,22,24H,16H2,(H,25,26). The first-order chi connectivity index (χ1) is 15.0. The first-order valence-corrected chi connectivity index (χ1v) is 11.0. The first kappa shape index (κ1) is 20.6. The van der Waals surface area contributed by atoms with Gasteiger partial charge in [0.25, 0.3) is 5.91 Å². The van der Waals surface area contributed by atoms with Crippen molar-refractivity contribution in [3.05, 3.63) is 114 Å². The Morgan fingerprint density at radius 1 is 0.839 bits per heavy atom. The van der Waals surface area contributed by atoms with Crippen molar-refractivity contribution in [2.45, 2.75) is 17.5 Å². The Morgan fingerprint density at radius 3 is 2.19 bits per heavy atom. The van der Waals surface area contributed by atoms with Gasteiger partial charge < -0.3 is 14.2 Å². The summed E-state index contributed by atoms with van der Waals surface area (Å²) in [6.45, 7) is 0.0411. The lowest BCUT2D eigenvalue weighted by atomic mass is 10.0. The highest BCUT2D eigenvalue weighted by Gasteiger charge is 2.21. The SMILES string of the molecule is O=C(NC(c1ccccc1)c1ccco1)c1ccc(S(=O)(=O)NCc2ccco2)cc1. The zero-order valence-corrected chi connectivity index (χ0v) is 17.2. The monoisotopic (exact) mass is 436 g/mol. The van der Waals surface area contributed by atoms with Crippen LogP contribution in [0.1, 0.15) is 33.5 Å². The maximum atomic E-state index is 12.8. The minimum Gasteiger partial charge on any atom is -0.468 e. The first-order valence-electron chi connectivity index (χ1n) is 9.54. The summed E-state index contributed by atoms with van der Waals surface area (Å²) in [5.41, 5.74) is 1.20. The van der Waals surface area contributed by atoms with Gasteiger partial charge in [0.1, 0.15) is 17.6 Å². The number of hydrogen-bond acceptors (Lipinski definition) is 5. The fourth-order valence-corrected chi connectivity index (χ4v) is 4.08. The number of rotatable bonds is 8. The largest absolute Gasteiger partial charge is 0.468 e. The van der Waals surface area contributed by atoms with Crippen molar-refractivity contribution >= 4 is 15.9 Å². The minimum atomic E-state index is -3.74. The van der Waals surface area contributed by atoms with E-state index in [1.165, 1.54) is 30.5 Å². The lowest BCUT2D eigenvalue weighted by Crippen LogP contribution is -2.29. The van der Waals surface area contributed by atoms with Gasteiger partial charge in [-0.2, -0.15) is 0 Å². The van der Waals surface area contributed by atoms with E-state index in [1.807, 2.05) is 30.3 Å². The highest BCUT2D eigenvalue weighted by atomic mass is 32.2. The van der Waals surface area contributed by atoms with Crippen LogP contribution in [0.25, 0.3) is 0 Å². The second-order valence-electron chi connectivity index (χ2n) is 6.76. The van der Waals surface area contributed by atoms with Gasteiger partial charge in [-0.1, -0.05) is 30.3 Å². The highest BCUT2D eigenvalue weighted by Crippen LogP contribution is 2.23. The van der Waals surface area contributed by atoms with Crippen LogP contribution in [-0.2, 0) is 16.6 Å². The molecule has 2 N–H and O–H groups in total. The molecule has 0 saturated carbocycles. The zero-order valence-electron chi connectivity index (χ0n) is 16.4. The second-order valence-corrected chi connectivity index (χ2v) is 8.53. The molecule has 7 nitrogen and oxygen atoms in total. The normalized spacial score (nSPS) is 12.4. The lowest BCUT2D eigenvalue weighted by molar-refractivity contribution is 0.0939. The third-order valence-electron chi connectivity index (χ3n) is 4.68. The van der Waals surface area contributed by atoms with Crippen LogP contribution < -0.4 is 10.0 Å². The number of benzene rings is 2. The summed E-state index contributed by atoms with van der Waals surface area (Å²) in [5.74, 6) is 0.753. The van der Waals surface area contributed by atoms with Crippen molar-refractivity contribution in [1.82, 2.24) is 10.0 Å². The number of carbonyl (C=O) groups is 1. The Bertz CT molecular complexity index is 1220. The van der Waals surface area contributed by atoms with E-state index in [0.29, 0.717) is 17.1 Å². The molecule has 0 aliphatic carbocycles. The smallest absolute Gasteiger partial charge is 0.252 e. The lowest BCUT2D eigenvalue weighted by Gasteiger charge is -2.17. The van der Waals surface area contributed by atoms with Crippen molar-refractivity contribution < 1.29 is 22.0 Å². The van der Waals surface area contributed by atoms with Crippen LogP contribution in [0.2, 0.25) is 0 Å². The molecule has 4 rings (SSSR count). The minimum absolute atomic E-state index is 0.0411. The molecule has 2 aromatic carbocycles. The fourth-order valence-electron chi connectivity index (χ4n) is 3.08. The number of sulfonamides is 1. The third kappa shape index (κ3) is 4.93. The van der Waals surface area contributed by atoms with Crippen molar-refractivity contribution in [3.8, 4) is 0 Å². The quantitative estimate of drug-likeness (QED) is 0.437. The van der Waals surface area contributed by atoms with Gasteiger partial charge in [0.05, 0.1) is 24.0 Å². The Hall–Kier alpha value is -3.62. The summed E-state index contributed by atoms with van der Waals surface area (Å²) < 4.78 is 38.0. The predicted molar refractivity (Wildman–Crippen MR) is 114 cm³/mol. The average Bonchev–Trinajstić information content (AvgIpc) is 3.51. The molecule has 1 unspecified atom stereocenters. The highest BCUT2D eigenvalue weighted by molar-refractivity contribution is 7.89. The van der Waals surface area contributed by atoms with Gasteiger partial charge >= 0.3 is 0 Å². The number of amides is 1. The van der Waals surface area contributed by atoms with Gasteiger partial charge in [-0.3, -0.25) is 4.79 Å². The van der Waals surface area contributed by atoms with Crippen LogP contribution in [0.4, 0.5) is 0 Å². The van der Waals surface area contributed by atoms with Crippen LogP contribution in [0.15, 0.2) is 105 Å². The van der Waals surface area contributed by atoms with Crippen LogP contribution >= 0.6 is 0 Å². The van der Waals surface area contributed by atoms with Gasteiger partial charge in [0, 0.05) is 5.56 Å². The van der Waals surface area contributed by atoms with Crippen molar-refractivity contribution in [2.75, 3.05) is 0 Å². The molecule has 158 valence electrons. The molecule has 0 radical (unpaired) electrons. The topological polar surface area (TPSA) is 102 Å². The second kappa shape index (κ2) is 9.03. The van der Waals surface area contributed by atoms with Gasteiger partial charge in [0.15, 0.2) is 0 Å². The van der Waals surface area contributed by atoms with E-state index in [0.717, 1.165) is 5.56 Å². The number of hydrogen-bond donors (Lipinski definition) is 2. The maximum Gasteiger partial charge on any atom is 0.252 e. The van der Waals surface area contributed by atoms with Crippen LogP contribution in [0.3, 0.4) is 0 Å². The number of furan rings is 2. The molecule has 8 heteroatoms. The molecular weight excluding hydrogens is 416 g/mol. The molecule has 0 bridgehead atoms. The molecule has 0 aliphatic rings. The van der Waals surface area contributed by atoms with Crippen molar-refractivity contribution in [2.24, 2.45) is 0 Å². The molecule has 31 heavy (non-hydrogen) atoms. The van der Waals surface area contributed by atoms with E-state index in [-0.39, 0.29) is 17.3 Å². The zero-order chi connectivity index (χ0) is 21.7. The summed E-state index contributed by atoms with van der Waals surface area (Å²) in [6, 6.07) is 21.6. The number of carbonyl (C=O) groups excluding carboxylic acids is 1. The van der Waals surface area contributed by atoms with E-state index in [9.17, 15) is 13.2 Å². The van der Waals surface area contributed by atoms with Crippen molar-refractivity contribution in [1.29, 1.82) is 0 Å². The number of nitrogens with one attached hydrogen (secondary N) is 2. The molecule has 0 fully saturated rings. The Balaban J connectivity index is 1.48. The van der Waals surface area contributed by atoms with Gasteiger partial charge in [-0.15, -0.1) is 0 Å². The van der Waals surface area contributed by atoms with E-state index in [4.69, 9.17) is 8.83 Å².